The third-order valence-electron chi connectivity index (χ3n) is 3.58. The number of hydrogen-bond donors (Lipinski definition) is 1. The number of rotatable bonds is 3. The summed E-state index contributed by atoms with van der Waals surface area (Å²) >= 11 is 1.16. The van der Waals surface area contributed by atoms with Crippen LogP contribution in [-0.2, 0) is 11.8 Å². The molecule has 5 nitrogen and oxygen atoms in total. The molecule has 1 unspecified atom stereocenters. The first-order valence-electron chi connectivity index (χ1n) is 6.80. The van der Waals surface area contributed by atoms with E-state index in [9.17, 15) is 9.18 Å². The molecule has 0 saturated carbocycles. The molecule has 21 heavy (non-hydrogen) atoms. The minimum Gasteiger partial charge on any atom is -0.381 e. The number of anilines is 1. The van der Waals surface area contributed by atoms with E-state index < -0.39 is 11.7 Å². The number of aromatic nitrogens is 2. The molecule has 1 N–H and O–H groups in total. The monoisotopic (exact) mass is 309 g/mol. The molecule has 7 heteroatoms. The number of nitrogens with zero attached hydrogens (tertiary/aromatic N) is 2. The lowest BCUT2D eigenvalue weighted by Crippen LogP contribution is -2.16. The van der Waals surface area contributed by atoms with Crippen molar-refractivity contribution in [2.75, 3.05) is 18.5 Å². The van der Waals surface area contributed by atoms with E-state index in [-0.39, 0.29) is 11.5 Å². The average Bonchev–Trinajstić information content (AvgIpc) is 3.07. The lowest BCUT2D eigenvalue weighted by atomic mass is 9.99. The molecule has 1 aliphatic heterocycles. The second kappa shape index (κ2) is 5.95. The van der Waals surface area contributed by atoms with Crippen LogP contribution in [0.2, 0.25) is 0 Å². The van der Waals surface area contributed by atoms with Crippen LogP contribution in [0.5, 0.6) is 0 Å². The predicted molar refractivity (Wildman–Crippen MR) is 78.2 cm³/mol. The van der Waals surface area contributed by atoms with Crippen LogP contribution in [0.15, 0.2) is 16.8 Å². The third kappa shape index (κ3) is 2.98. The van der Waals surface area contributed by atoms with Gasteiger partial charge >= 0.3 is 0 Å². The summed E-state index contributed by atoms with van der Waals surface area (Å²) in [6.45, 7) is 1.45. The number of carbonyl (C=O) groups excluding carboxylic acids is 1. The lowest BCUT2D eigenvalue weighted by molar-refractivity contribution is 0.0791. The van der Waals surface area contributed by atoms with Crippen LogP contribution in [0.3, 0.4) is 0 Å². The normalized spacial score (nSPS) is 18.7. The Morgan fingerprint density at radius 1 is 1.57 bits per heavy atom. The van der Waals surface area contributed by atoms with Crippen molar-refractivity contribution in [1.29, 1.82) is 0 Å². The van der Waals surface area contributed by atoms with Crippen molar-refractivity contribution >= 4 is 23.1 Å². The van der Waals surface area contributed by atoms with Crippen molar-refractivity contribution < 1.29 is 13.9 Å². The molecule has 3 rings (SSSR count). The molecule has 0 aliphatic carbocycles. The van der Waals surface area contributed by atoms with Crippen LogP contribution < -0.4 is 5.32 Å². The fourth-order valence-electron chi connectivity index (χ4n) is 2.41. The van der Waals surface area contributed by atoms with Gasteiger partial charge in [-0.2, -0.15) is 5.10 Å². The molecule has 1 fully saturated rings. The summed E-state index contributed by atoms with van der Waals surface area (Å²) in [5, 5.41) is 9.93. The molecule has 1 saturated heterocycles. The molecule has 3 heterocycles. The molecular formula is C14H16FN3O2S. The van der Waals surface area contributed by atoms with Crippen LogP contribution in [-0.4, -0.2) is 28.9 Å². The van der Waals surface area contributed by atoms with Crippen LogP contribution in [0.25, 0.3) is 0 Å². The quantitative estimate of drug-likeness (QED) is 0.948. The second-order valence-corrected chi connectivity index (χ2v) is 5.82. The van der Waals surface area contributed by atoms with Gasteiger partial charge in [0.25, 0.3) is 5.91 Å². The molecule has 1 atom stereocenters. The first-order valence-corrected chi connectivity index (χ1v) is 7.74. The summed E-state index contributed by atoms with van der Waals surface area (Å²) in [5.74, 6) is -0.136. The van der Waals surface area contributed by atoms with Crippen LogP contribution >= 0.6 is 11.3 Å². The molecule has 112 valence electrons. The minimum absolute atomic E-state index is 0.0590. The first-order chi connectivity index (χ1) is 10.1. The predicted octanol–water partition coefficient (Wildman–Crippen LogP) is 2.77. The molecule has 0 spiro atoms. The van der Waals surface area contributed by atoms with E-state index in [0.29, 0.717) is 12.4 Å². The zero-order valence-corrected chi connectivity index (χ0v) is 12.5. The highest BCUT2D eigenvalue weighted by atomic mass is 32.1. The van der Waals surface area contributed by atoms with Crippen LogP contribution in [0, 0.1) is 5.82 Å². The maximum Gasteiger partial charge on any atom is 0.260 e. The maximum atomic E-state index is 13.4. The molecule has 0 bridgehead atoms. The number of hydrogen-bond acceptors (Lipinski definition) is 4. The number of nitrogens with one attached hydrogen (secondary N) is 1. The van der Waals surface area contributed by atoms with Gasteiger partial charge in [0.05, 0.1) is 17.9 Å². The fourth-order valence-corrected chi connectivity index (χ4v) is 3.08. The fraction of sp³-hybridized carbons (Fsp3) is 0.429. The Morgan fingerprint density at radius 2 is 2.43 bits per heavy atom. The zero-order chi connectivity index (χ0) is 14.8. The standard InChI is InChI=1S/C14H16FN3O2S/c1-18-13(16-14(19)10-7-21-8-11(10)15)5-12(17-18)9-3-2-4-20-6-9/h5,7-9H,2-4,6H2,1H3,(H,16,19). The molecule has 1 amide bonds. The number of amides is 1. The average molecular weight is 309 g/mol. The van der Waals surface area contributed by atoms with Crippen molar-refractivity contribution in [2.24, 2.45) is 7.05 Å². The van der Waals surface area contributed by atoms with E-state index in [1.165, 1.54) is 10.8 Å². The summed E-state index contributed by atoms with van der Waals surface area (Å²) in [7, 11) is 1.76. The van der Waals surface area contributed by atoms with E-state index in [1.54, 1.807) is 11.7 Å². The number of halogens is 1. The van der Waals surface area contributed by atoms with Crippen LogP contribution in [0.4, 0.5) is 10.2 Å². The molecular weight excluding hydrogens is 293 g/mol. The smallest absolute Gasteiger partial charge is 0.260 e. The number of ether oxygens (including phenoxy) is 1. The van der Waals surface area contributed by atoms with Crippen molar-refractivity contribution in [3.8, 4) is 0 Å². The van der Waals surface area contributed by atoms with E-state index in [0.717, 1.165) is 36.5 Å². The Morgan fingerprint density at radius 3 is 3.10 bits per heavy atom. The number of thiophene rings is 1. The zero-order valence-electron chi connectivity index (χ0n) is 11.6. The van der Waals surface area contributed by atoms with Gasteiger partial charge in [0, 0.05) is 36.4 Å². The van der Waals surface area contributed by atoms with E-state index >= 15 is 0 Å². The van der Waals surface area contributed by atoms with E-state index in [2.05, 4.69) is 10.4 Å². The van der Waals surface area contributed by atoms with Gasteiger partial charge in [-0.1, -0.05) is 0 Å². The van der Waals surface area contributed by atoms with Crippen LogP contribution in [0.1, 0.15) is 34.8 Å². The largest absolute Gasteiger partial charge is 0.381 e. The summed E-state index contributed by atoms with van der Waals surface area (Å²) in [4.78, 5) is 12.0. The number of aryl methyl sites for hydroxylation is 1. The topological polar surface area (TPSA) is 56.1 Å². The maximum absolute atomic E-state index is 13.4. The Hall–Kier alpha value is -1.73. The van der Waals surface area contributed by atoms with Gasteiger partial charge in [0.15, 0.2) is 0 Å². The highest BCUT2D eigenvalue weighted by Gasteiger charge is 2.21. The van der Waals surface area contributed by atoms with Crippen molar-refractivity contribution in [3.63, 3.8) is 0 Å². The summed E-state index contributed by atoms with van der Waals surface area (Å²) in [6.07, 6.45) is 2.05. The highest BCUT2D eigenvalue weighted by Crippen LogP contribution is 2.26. The van der Waals surface area contributed by atoms with E-state index in [1.807, 2.05) is 6.07 Å². The summed E-state index contributed by atoms with van der Waals surface area (Å²) in [6, 6.07) is 1.83. The van der Waals surface area contributed by atoms with Gasteiger partial charge in [0.1, 0.15) is 11.6 Å². The van der Waals surface area contributed by atoms with Gasteiger partial charge in [-0.05, 0) is 12.8 Å². The molecule has 2 aromatic rings. The van der Waals surface area contributed by atoms with Crippen molar-refractivity contribution in [2.45, 2.75) is 18.8 Å². The van der Waals surface area contributed by atoms with Gasteiger partial charge in [-0.15, -0.1) is 11.3 Å². The third-order valence-corrected chi connectivity index (χ3v) is 4.29. The van der Waals surface area contributed by atoms with Crippen molar-refractivity contribution in [3.05, 3.63) is 33.9 Å². The molecule has 0 aromatic carbocycles. The van der Waals surface area contributed by atoms with Gasteiger partial charge < -0.3 is 10.1 Å². The second-order valence-electron chi connectivity index (χ2n) is 5.08. The molecule has 0 radical (unpaired) electrons. The molecule has 1 aliphatic rings. The van der Waals surface area contributed by atoms with Gasteiger partial charge in [-0.3, -0.25) is 9.48 Å². The molecule has 2 aromatic heterocycles. The van der Waals surface area contributed by atoms with Crippen molar-refractivity contribution in [1.82, 2.24) is 9.78 Å². The summed E-state index contributed by atoms with van der Waals surface area (Å²) in [5.41, 5.74) is 0.960. The van der Waals surface area contributed by atoms with Gasteiger partial charge in [-0.25, -0.2) is 4.39 Å². The Kier molecular flexibility index (Phi) is 4.03. The Labute approximate surface area is 125 Å². The Bertz CT molecular complexity index is 646. The minimum atomic E-state index is -0.499. The lowest BCUT2D eigenvalue weighted by Gasteiger charge is -2.19. The SMILES string of the molecule is Cn1nc(C2CCCOC2)cc1NC(=O)c1cscc1F. The number of carbonyl (C=O) groups is 1. The van der Waals surface area contributed by atoms with Gasteiger partial charge in [0.2, 0.25) is 0 Å². The Balaban J connectivity index is 1.75. The van der Waals surface area contributed by atoms with E-state index in [4.69, 9.17) is 4.74 Å². The first kappa shape index (κ1) is 14.2. The summed E-state index contributed by atoms with van der Waals surface area (Å²) < 4.78 is 20.5. The highest BCUT2D eigenvalue weighted by molar-refractivity contribution is 7.08.